The number of aliphatic hydroxyl groups is 1. The van der Waals surface area contributed by atoms with Crippen LogP contribution in [0.4, 0.5) is 0 Å². The topological polar surface area (TPSA) is 72.8 Å². The van der Waals surface area contributed by atoms with Gasteiger partial charge in [0.15, 0.2) is 6.10 Å². The monoisotopic (exact) mass is 651 g/mol. The Balaban J connectivity index is 3.52. The minimum absolute atomic E-state index is 0.0615. The van der Waals surface area contributed by atoms with Gasteiger partial charge in [-0.15, -0.1) is 0 Å². The molecule has 0 fully saturated rings. The third-order valence-electron chi connectivity index (χ3n) is 9.06. The van der Waals surface area contributed by atoms with Crippen LogP contribution in [0.3, 0.4) is 0 Å². The highest BCUT2D eigenvalue weighted by Crippen LogP contribution is 2.15. The molecule has 0 aromatic heterocycles. The van der Waals surface area contributed by atoms with Gasteiger partial charge in [-0.3, -0.25) is 9.59 Å². The summed E-state index contributed by atoms with van der Waals surface area (Å²) in [6, 6.07) is 0. The first-order valence-electron chi connectivity index (χ1n) is 20.2. The number of rotatable bonds is 37. The summed E-state index contributed by atoms with van der Waals surface area (Å²) >= 11 is 0. The Kier molecular flexibility index (Phi) is 37.0. The standard InChI is InChI=1S/C41H78O5/c1-3-5-7-9-11-13-15-17-19-20-22-24-26-28-30-32-34-36-41(44)46-39(37-42)38-45-40(43)35-33-31-29-27-25-23-21-18-16-14-12-10-8-6-4-2/h17,19,39,42H,3-16,18,20-38H2,1-2H3. The Labute approximate surface area is 286 Å². The van der Waals surface area contributed by atoms with Crippen LogP contribution in [-0.4, -0.2) is 36.4 Å². The SMILES string of the molecule is CCCCCCCCC=CCCCCCCCCCC(=O)OC(CO)COC(=O)CCCCCCCCCCCCCCCCC. The van der Waals surface area contributed by atoms with Crippen LogP contribution in [0, 0.1) is 0 Å². The average Bonchev–Trinajstić information content (AvgIpc) is 3.06. The smallest absolute Gasteiger partial charge is 0.306 e. The summed E-state index contributed by atoms with van der Waals surface area (Å²) in [6.45, 7) is 4.15. The van der Waals surface area contributed by atoms with Gasteiger partial charge in [-0.05, 0) is 38.5 Å². The Hall–Kier alpha value is -1.36. The number of unbranched alkanes of at least 4 members (excludes halogenated alkanes) is 27. The zero-order valence-corrected chi connectivity index (χ0v) is 30.9. The van der Waals surface area contributed by atoms with Gasteiger partial charge in [-0.2, -0.15) is 0 Å². The molecule has 46 heavy (non-hydrogen) atoms. The van der Waals surface area contributed by atoms with Gasteiger partial charge in [0, 0.05) is 12.8 Å². The van der Waals surface area contributed by atoms with Crippen LogP contribution in [-0.2, 0) is 19.1 Å². The van der Waals surface area contributed by atoms with Crippen LogP contribution in [0.15, 0.2) is 12.2 Å². The number of hydrogen-bond donors (Lipinski definition) is 1. The maximum Gasteiger partial charge on any atom is 0.306 e. The van der Waals surface area contributed by atoms with Gasteiger partial charge in [-0.25, -0.2) is 0 Å². The van der Waals surface area contributed by atoms with E-state index < -0.39 is 6.10 Å². The number of hydrogen-bond acceptors (Lipinski definition) is 5. The van der Waals surface area contributed by atoms with Crippen molar-refractivity contribution < 1.29 is 24.2 Å². The fraction of sp³-hybridized carbons (Fsp3) is 0.902. The summed E-state index contributed by atoms with van der Waals surface area (Å²) < 4.78 is 10.6. The van der Waals surface area contributed by atoms with Gasteiger partial charge in [0.05, 0.1) is 6.61 Å². The highest BCUT2D eigenvalue weighted by molar-refractivity contribution is 5.70. The summed E-state index contributed by atoms with van der Waals surface area (Å²) in [4.78, 5) is 24.2. The third kappa shape index (κ3) is 35.5. The molecular weight excluding hydrogens is 572 g/mol. The second kappa shape index (κ2) is 38.1. The number of carbonyl (C=O) groups excluding carboxylic acids is 2. The second-order valence-electron chi connectivity index (χ2n) is 13.7. The van der Waals surface area contributed by atoms with Gasteiger partial charge in [0.1, 0.15) is 6.61 Å². The molecule has 0 aliphatic heterocycles. The summed E-state index contributed by atoms with van der Waals surface area (Å²) in [5.41, 5.74) is 0. The van der Waals surface area contributed by atoms with E-state index in [0.717, 1.165) is 32.1 Å². The van der Waals surface area contributed by atoms with Crippen LogP contribution in [0.25, 0.3) is 0 Å². The van der Waals surface area contributed by atoms with E-state index in [1.807, 2.05) is 0 Å². The van der Waals surface area contributed by atoms with E-state index in [1.54, 1.807) is 0 Å². The van der Waals surface area contributed by atoms with Crippen LogP contribution in [0.2, 0.25) is 0 Å². The number of carbonyl (C=O) groups is 2. The first kappa shape index (κ1) is 44.6. The molecule has 1 atom stereocenters. The van der Waals surface area contributed by atoms with Crippen molar-refractivity contribution in [3.8, 4) is 0 Å². The van der Waals surface area contributed by atoms with Crippen LogP contribution >= 0.6 is 0 Å². The van der Waals surface area contributed by atoms with Crippen LogP contribution < -0.4 is 0 Å². The van der Waals surface area contributed by atoms with Gasteiger partial charge < -0.3 is 14.6 Å². The van der Waals surface area contributed by atoms with Crippen molar-refractivity contribution in [2.75, 3.05) is 13.2 Å². The zero-order chi connectivity index (χ0) is 33.6. The highest BCUT2D eigenvalue weighted by atomic mass is 16.6. The maximum absolute atomic E-state index is 12.2. The largest absolute Gasteiger partial charge is 0.462 e. The van der Waals surface area contributed by atoms with E-state index >= 15 is 0 Å². The minimum Gasteiger partial charge on any atom is -0.462 e. The molecule has 0 spiro atoms. The maximum atomic E-state index is 12.2. The van der Waals surface area contributed by atoms with Gasteiger partial charge in [0.2, 0.25) is 0 Å². The lowest BCUT2D eigenvalue weighted by Crippen LogP contribution is -2.28. The molecule has 0 bridgehead atoms. The summed E-state index contributed by atoms with van der Waals surface area (Å²) in [6.07, 6.45) is 42.7. The predicted molar refractivity (Wildman–Crippen MR) is 196 cm³/mol. The fourth-order valence-electron chi connectivity index (χ4n) is 5.96. The molecule has 1 N–H and O–H groups in total. The molecule has 0 aromatic carbocycles. The lowest BCUT2D eigenvalue weighted by atomic mass is 10.0. The lowest BCUT2D eigenvalue weighted by molar-refractivity contribution is -0.161. The van der Waals surface area contributed by atoms with Gasteiger partial charge in [-0.1, -0.05) is 180 Å². The number of ether oxygens (including phenoxy) is 2. The molecule has 0 radical (unpaired) electrons. The van der Waals surface area contributed by atoms with Crippen LogP contribution in [0.1, 0.15) is 219 Å². The molecular formula is C41H78O5. The Morgan fingerprint density at radius 1 is 0.478 bits per heavy atom. The summed E-state index contributed by atoms with van der Waals surface area (Å²) in [7, 11) is 0. The molecule has 0 amide bonds. The van der Waals surface area contributed by atoms with E-state index in [0.29, 0.717) is 12.8 Å². The van der Waals surface area contributed by atoms with Crippen molar-refractivity contribution >= 4 is 11.9 Å². The van der Waals surface area contributed by atoms with Crippen molar-refractivity contribution in [2.45, 2.75) is 225 Å². The number of esters is 2. The van der Waals surface area contributed by atoms with E-state index in [1.165, 1.54) is 161 Å². The van der Waals surface area contributed by atoms with Crippen molar-refractivity contribution in [1.29, 1.82) is 0 Å². The molecule has 0 aliphatic carbocycles. The molecule has 0 aliphatic rings. The minimum atomic E-state index is -0.766. The molecule has 0 saturated heterocycles. The Morgan fingerprint density at radius 2 is 0.804 bits per heavy atom. The first-order chi connectivity index (χ1) is 22.6. The van der Waals surface area contributed by atoms with Gasteiger partial charge >= 0.3 is 11.9 Å². The van der Waals surface area contributed by atoms with E-state index in [2.05, 4.69) is 26.0 Å². The van der Waals surface area contributed by atoms with Crippen molar-refractivity contribution in [2.24, 2.45) is 0 Å². The Morgan fingerprint density at radius 3 is 1.17 bits per heavy atom. The highest BCUT2D eigenvalue weighted by Gasteiger charge is 2.16. The number of allylic oxidation sites excluding steroid dienone is 2. The normalized spacial score (nSPS) is 12.2. The average molecular weight is 651 g/mol. The summed E-state index contributed by atoms with van der Waals surface area (Å²) in [5.74, 6) is -0.585. The third-order valence-corrected chi connectivity index (χ3v) is 9.06. The van der Waals surface area contributed by atoms with E-state index in [9.17, 15) is 14.7 Å². The molecule has 1 unspecified atom stereocenters. The van der Waals surface area contributed by atoms with Gasteiger partial charge in [0.25, 0.3) is 0 Å². The van der Waals surface area contributed by atoms with Crippen molar-refractivity contribution in [3.63, 3.8) is 0 Å². The zero-order valence-electron chi connectivity index (χ0n) is 30.9. The summed E-state index contributed by atoms with van der Waals surface area (Å²) in [5, 5.41) is 9.55. The van der Waals surface area contributed by atoms with Crippen LogP contribution in [0.5, 0.6) is 0 Å². The molecule has 5 heteroatoms. The fourth-order valence-corrected chi connectivity index (χ4v) is 5.96. The molecule has 0 aromatic rings. The lowest BCUT2D eigenvalue weighted by Gasteiger charge is -2.15. The van der Waals surface area contributed by atoms with E-state index in [4.69, 9.17) is 9.47 Å². The molecule has 272 valence electrons. The second-order valence-corrected chi connectivity index (χ2v) is 13.7. The first-order valence-corrected chi connectivity index (χ1v) is 20.2. The quantitative estimate of drug-likeness (QED) is 0.0411. The molecule has 5 nitrogen and oxygen atoms in total. The van der Waals surface area contributed by atoms with Crippen molar-refractivity contribution in [1.82, 2.24) is 0 Å². The molecule has 0 saturated carbocycles. The predicted octanol–water partition coefficient (Wildman–Crippen LogP) is 12.5. The Bertz CT molecular complexity index is 661. The van der Waals surface area contributed by atoms with E-state index in [-0.39, 0.29) is 25.2 Å². The van der Waals surface area contributed by atoms with Crippen molar-refractivity contribution in [3.05, 3.63) is 12.2 Å². The molecule has 0 heterocycles. The number of aliphatic hydroxyl groups excluding tert-OH is 1. The molecule has 0 rings (SSSR count).